The van der Waals surface area contributed by atoms with Gasteiger partial charge in [-0.15, -0.1) is 0 Å². The van der Waals surface area contributed by atoms with E-state index in [1.54, 1.807) is 18.2 Å². The Morgan fingerprint density at radius 1 is 1.17 bits per heavy atom. The summed E-state index contributed by atoms with van der Waals surface area (Å²) in [5, 5.41) is 0. The molecule has 0 unspecified atom stereocenters. The molecule has 4 nitrogen and oxygen atoms in total. The van der Waals surface area contributed by atoms with Crippen LogP contribution in [-0.4, -0.2) is 0 Å². The molecule has 1 rings (SSSR count). The predicted molar refractivity (Wildman–Crippen MR) is 34.7 cm³/mol. The van der Waals surface area contributed by atoms with E-state index in [1.807, 2.05) is 0 Å². The zero-order chi connectivity index (χ0) is 8.32. The van der Waals surface area contributed by atoms with Crippen molar-refractivity contribution in [2.75, 3.05) is 0 Å². The molecule has 0 spiro atoms. The van der Waals surface area contributed by atoms with Crippen LogP contribution in [0.4, 0.5) is 0 Å². The summed E-state index contributed by atoms with van der Waals surface area (Å²) in [6.07, 6.45) is 0. The van der Waals surface area contributed by atoms with Gasteiger partial charge < -0.3 is 18.9 Å². The zero-order valence-corrected chi connectivity index (χ0v) is 8.15. The predicted octanol–water partition coefficient (Wildman–Crippen LogP) is -0.108. The summed E-state index contributed by atoms with van der Waals surface area (Å²) in [6, 6.07) is 7.62. The van der Waals surface area contributed by atoms with Crippen LogP contribution < -0.4 is 14.3 Å². The van der Waals surface area contributed by atoms with E-state index >= 15 is 0 Å². The molecule has 0 saturated carbocycles. The SMILES string of the molecule is O=P([O-])([O-])Oc1ccccc1.[Ag+2]. The van der Waals surface area contributed by atoms with Gasteiger partial charge in [0.2, 0.25) is 0 Å². The van der Waals surface area contributed by atoms with Gasteiger partial charge in [-0.2, -0.15) is 0 Å². The second-order valence-electron chi connectivity index (χ2n) is 1.85. The molecule has 1 aromatic rings. The van der Waals surface area contributed by atoms with Gasteiger partial charge in [-0.1, -0.05) is 18.2 Å². The minimum Gasteiger partial charge on any atom is -0.780 e. The molecule has 0 bridgehead atoms. The summed E-state index contributed by atoms with van der Waals surface area (Å²) >= 11 is 0. The third-order valence-corrected chi connectivity index (χ3v) is 1.39. The summed E-state index contributed by atoms with van der Waals surface area (Å²) in [4.78, 5) is 20.1. The molecule has 0 aliphatic carbocycles. The molecule has 69 valence electrons. The van der Waals surface area contributed by atoms with E-state index in [0.717, 1.165) is 0 Å². The molecule has 0 atom stereocenters. The molecule has 0 aliphatic rings. The van der Waals surface area contributed by atoms with Crippen LogP contribution in [0.2, 0.25) is 0 Å². The molecule has 0 N–H and O–H groups in total. The molecule has 0 fully saturated rings. The first-order valence-electron chi connectivity index (χ1n) is 2.85. The van der Waals surface area contributed by atoms with Crippen molar-refractivity contribution in [2.24, 2.45) is 0 Å². The summed E-state index contributed by atoms with van der Waals surface area (Å²) < 4.78 is 14.1. The summed E-state index contributed by atoms with van der Waals surface area (Å²) in [5.74, 6) is 0.0424. The number of hydrogen-bond acceptors (Lipinski definition) is 4. The molecular formula is C6H5AgO4P. The topological polar surface area (TPSA) is 72.4 Å². The van der Waals surface area contributed by atoms with Gasteiger partial charge in [0.05, 0.1) is 0 Å². The Hall–Kier alpha value is -0.0897. The van der Waals surface area contributed by atoms with Crippen molar-refractivity contribution in [3.63, 3.8) is 0 Å². The van der Waals surface area contributed by atoms with Crippen LogP contribution >= 0.6 is 7.82 Å². The van der Waals surface area contributed by atoms with Gasteiger partial charge >= 0.3 is 22.4 Å². The minimum absolute atomic E-state index is 0. The Labute approximate surface area is 85.3 Å². The number of phosphoric ester groups is 1. The minimum atomic E-state index is -4.89. The third-order valence-electron chi connectivity index (χ3n) is 0.960. The van der Waals surface area contributed by atoms with Gasteiger partial charge in [0, 0.05) is 0 Å². The summed E-state index contributed by atoms with van der Waals surface area (Å²) in [6.45, 7) is 0. The van der Waals surface area contributed by atoms with Gasteiger partial charge in [0.1, 0.15) is 13.6 Å². The van der Waals surface area contributed by atoms with Crippen molar-refractivity contribution >= 4 is 7.82 Å². The van der Waals surface area contributed by atoms with E-state index < -0.39 is 7.82 Å². The standard InChI is InChI=1S/C6H7O4P.Ag/c7-11(8,9)10-6-4-2-1-3-5-6;/h1-5H,(H2,7,8,9);/q;+2/p-2. The summed E-state index contributed by atoms with van der Waals surface area (Å²) in [7, 11) is -4.89. The number of benzene rings is 1. The average Bonchev–Trinajstić information content (AvgIpc) is 1.85. The normalized spacial score (nSPS) is 10.2. The number of rotatable bonds is 2. The van der Waals surface area contributed by atoms with E-state index in [-0.39, 0.29) is 28.1 Å². The molecule has 0 saturated heterocycles. The second kappa shape index (κ2) is 4.82. The van der Waals surface area contributed by atoms with Gasteiger partial charge in [0.15, 0.2) is 0 Å². The smallest absolute Gasteiger partial charge is 0.780 e. The number of para-hydroxylation sites is 1. The Balaban J connectivity index is 0.00000121. The van der Waals surface area contributed by atoms with Gasteiger partial charge in [-0.05, 0) is 12.1 Å². The van der Waals surface area contributed by atoms with Crippen LogP contribution in [0.15, 0.2) is 30.3 Å². The van der Waals surface area contributed by atoms with Crippen LogP contribution in [0, 0.1) is 0 Å². The Kier molecular flexibility index (Phi) is 4.78. The Bertz CT molecular complexity index is 270. The third kappa shape index (κ3) is 4.72. The molecule has 0 aromatic heterocycles. The van der Waals surface area contributed by atoms with Crippen molar-refractivity contribution in [2.45, 2.75) is 0 Å². The van der Waals surface area contributed by atoms with Crippen LogP contribution in [0.1, 0.15) is 0 Å². The monoisotopic (exact) mass is 279 g/mol. The molecule has 0 aliphatic heterocycles. The fraction of sp³-hybridized carbons (Fsp3) is 0. The number of hydrogen-bond donors (Lipinski definition) is 0. The van der Waals surface area contributed by atoms with Crippen LogP contribution in [0.25, 0.3) is 0 Å². The van der Waals surface area contributed by atoms with Crippen LogP contribution in [0.5, 0.6) is 5.75 Å². The Morgan fingerprint density at radius 2 is 1.67 bits per heavy atom. The largest absolute Gasteiger partial charge is 2.00 e. The second-order valence-corrected chi connectivity index (χ2v) is 2.93. The van der Waals surface area contributed by atoms with Gasteiger partial charge in [-0.3, -0.25) is 0 Å². The van der Waals surface area contributed by atoms with E-state index in [0.29, 0.717) is 0 Å². The molecular weight excluding hydrogens is 275 g/mol. The zero-order valence-electron chi connectivity index (χ0n) is 5.77. The van der Waals surface area contributed by atoms with Crippen molar-refractivity contribution in [1.29, 1.82) is 0 Å². The first-order valence-corrected chi connectivity index (χ1v) is 4.31. The van der Waals surface area contributed by atoms with Crippen LogP contribution in [0.3, 0.4) is 0 Å². The van der Waals surface area contributed by atoms with Crippen molar-refractivity contribution in [3.8, 4) is 5.75 Å². The maximum atomic E-state index is 10.1. The maximum Gasteiger partial charge on any atom is 2.00 e. The molecule has 1 radical (unpaired) electrons. The van der Waals surface area contributed by atoms with E-state index in [2.05, 4.69) is 4.52 Å². The molecule has 0 amide bonds. The molecule has 0 heterocycles. The van der Waals surface area contributed by atoms with E-state index in [9.17, 15) is 14.4 Å². The van der Waals surface area contributed by atoms with Crippen LogP contribution in [-0.2, 0) is 26.9 Å². The number of phosphoric acid groups is 1. The molecule has 6 heteroatoms. The van der Waals surface area contributed by atoms with Crippen molar-refractivity contribution in [1.82, 2.24) is 0 Å². The van der Waals surface area contributed by atoms with Gasteiger partial charge in [-0.25, -0.2) is 0 Å². The Morgan fingerprint density at radius 3 is 2.08 bits per heavy atom. The fourth-order valence-electron chi connectivity index (χ4n) is 0.610. The molecule has 1 aromatic carbocycles. The van der Waals surface area contributed by atoms with E-state index in [1.165, 1.54) is 12.1 Å². The maximum absolute atomic E-state index is 10.1. The van der Waals surface area contributed by atoms with Crippen molar-refractivity contribution in [3.05, 3.63) is 30.3 Å². The van der Waals surface area contributed by atoms with E-state index in [4.69, 9.17) is 0 Å². The average molecular weight is 280 g/mol. The first kappa shape index (κ1) is 11.9. The fourth-order valence-corrected chi connectivity index (χ4v) is 0.990. The first-order chi connectivity index (χ1) is 5.08. The quantitative estimate of drug-likeness (QED) is 0.559. The molecule has 12 heavy (non-hydrogen) atoms. The van der Waals surface area contributed by atoms with Crippen molar-refractivity contribution < 1.29 is 41.3 Å². The van der Waals surface area contributed by atoms with Gasteiger partial charge in [0.25, 0.3) is 0 Å². The summed E-state index contributed by atoms with van der Waals surface area (Å²) in [5.41, 5.74) is 0.